The van der Waals surface area contributed by atoms with Gasteiger partial charge in [-0.2, -0.15) is 0 Å². The molecule has 0 spiro atoms. The number of ether oxygens (including phenoxy) is 2. The van der Waals surface area contributed by atoms with Gasteiger partial charge in [0.1, 0.15) is 11.5 Å². The molecule has 0 amide bonds. The molecule has 9 heteroatoms. The zero-order valence-corrected chi connectivity index (χ0v) is 20.3. The molecule has 2 aromatic carbocycles. The number of thiazole rings is 1. The van der Waals surface area contributed by atoms with Gasteiger partial charge in [-0.25, -0.2) is 13.4 Å². The van der Waals surface area contributed by atoms with Gasteiger partial charge < -0.3 is 14.4 Å². The van der Waals surface area contributed by atoms with Crippen LogP contribution in [0.2, 0.25) is 5.02 Å². The minimum absolute atomic E-state index is 0.298. The van der Waals surface area contributed by atoms with Crippen molar-refractivity contribution < 1.29 is 17.9 Å². The fourth-order valence-electron chi connectivity index (χ4n) is 3.93. The van der Waals surface area contributed by atoms with Crippen LogP contribution in [0.3, 0.4) is 0 Å². The van der Waals surface area contributed by atoms with Crippen molar-refractivity contribution in [3.05, 3.63) is 64.1 Å². The van der Waals surface area contributed by atoms with Crippen molar-refractivity contribution in [3.8, 4) is 11.5 Å². The Hall–Kier alpha value is -2.29. The van der Waals surface area contributed by atoms with Crippen LogP contribution in [0.5, 0.6) is 11.5 Å². The van der Waals surface area contributed by atoms with E-state index in [1.807, 2.05) is 23.6 Å². The molecule has 32 heavy (non-hydrogen) atoms. The predicted octanol–water partition coefficient (Wildman–Crippen LogP) is 4.85. The summed E-state index contributed by atoms with van der Waals surface area (Å²) in [5.74, 6) is 1.58. The van der Waals surface area contributed by atoms with Gasteiger partial charge in [-0.3, -0.25) is 0 Å². The average molecular weight is 493 g/mol. The van der Waals surface area contributed by atoms with Crippen molar-refractivity contribution in [1.82, 2.24) is 4.98 Å². The molecule has 1 aliphatic rings. The average Bonchev–Trinajstić information content (AvgIpc) is 3.27. The van der Waals surface area contributed by atoms with Crippen molar-refractivity contribution in [1.29, 1.82) is 0 Å². The Labute approximate surface area is 197 Å². The van der Waals surface area contributed by atoms with Crippen molar-refractivity contribution in [2.45, 2.75) is 29.4 Å². The molecule has 1 saturated heterocycles. The van der Waals surface area contributed by atoms with Crippen LogP contribution in [0, 0.1) is 0 Å². The van der Waals surface area contributed by atoms with Crippen molar-refractivity contribution in [2.24, 2.45) is 0 Å². The van der Waals surface area contributed by atoms with E-state index in [0.717, 1.165) is 27.9 Å². The summed E-state index contributed by atoms with van der Waals surface area (Å²) in [6, 6.07) is 12.2. The molecule has 0 atom stereocenters. The van der Waals surface area contributed by atoms with Gasteiger partial charge in [-0.1, -0.05) is 17.7 Å². The minimum Gasteiger partial charge on any atom is -0.497 e. The Morgan fingerprint density at radius 1 is 1.12 bits per heavy atom. The van der Waals surface area contributed by atoms with E-state index in [-0.39, 0.29) is 0 Å². The van der Waals surface area contributed by atoms with Gasteiger partial charge in [0.15, 0.2) is 15.0 Å². The molecule has 1 fully saturated rings. The standard InChI is InChI=1S/C23H25ClN2O4S2/c1-29-19-6-7-22(30-2)16(13-19)12-18-15-31-23(25-18)26-10-8-20(9-11-26)32(27,28)21-5-3-4-17(24)14-21/h3-7,13-15,20H,8-12H2,1-2H3. The highest BCUT2D eigenvalue weighted by Crippen LogP contribution is 2.32. The number of sulfone groups is 1. The van der Waals surface area contributed by atoms with E-state index in [0.29, 0.717) is 42.3 Å². The highest BCUT2D eigenvalue weighted by atomic mass is 35.5. The van der Waals surface area contributed by atoms with E-state index in [2.05, 4.69) is 4.90 Å². The number of benzene rings is 2. The number of anilines is 1. The first kappa shape index (κ1) is 22.9. The highest BCUT2D eigenvalue weighted by molar-refractivity contribution is 7.92. The maximum atomic E-state index is 13.0. The summed E-state index contributed by atoms with van der Waals surface area (Å²) in [4.78, 5) is 7.26. The smallest absolute Gasteiger partial charge is 0.185 e. The quantitative estimate of drug-likeness (QED) is 0.469. The molecular formula is C23H25ClN2O4S2. The maximum Gasteiger partial charge on any atom is 0.185 e. The Balaban J connectivity index is 1.42. The summed E-state index contributed by atoms with van der Waals surface area (Å²) in [5, 5.41) is 2.99. The normalized spacial score (nSPS) is 15.0. The maximum absolute atomic E-state index is 13.0. The van der Waals surface area contributed by atoms with E-state index in [4.69, 9.17) is 26.1 Å². The van der Waals surface area contributed by atoms with Crippen LogP contribution in [-0.4, -0.2) is 46.0 Å². The van der Waals surface area contributed by atoms with Crippen LogP contribution in [0.25, 0.3) is 0 Å². The lowest BCUT2D eigenvalue weighted by Gasteiger charge is -2.31. The summed E-state index contributed by atoms with van der Waals surface area (Å²) < 4.78 is 36.8. The molecule has 170 valence electrons. The number of hydrogen-bond donors (Lipinski definition) is 0. The number of halogens is 1. The van der Waals surface area contributed by atoms with Crippen molar-refractivity contribution in [3.63, 3.8) is 0 Å². The third-order valence-electron chi connectivity index (χ3n) is 5.67. The second-order valence-corrected chi connectivity index (χ2v) is 11.2. The van der Waals surface area contributed by atoms with Crippen LogP contribution >= 0.6 is 22.9 Å². The number of methoxy groups -OCH3 is 2. The number of nitrogens with zero attached hydrogens (tertiary/aromatic N) is 2. The van der Waals surface area contributed by atoms with E-state index in [1.54, 1.807) is 43.8 Å². The van der Waals surface area contributed by atoms with Gasteiger partial charge in [0.2, 0.25) is 0 Å². The van der Waals surface area contributed by atoms with Crippen LogP contribution in [0.1, 0.15) is 24.1 Å². The van der Waals surface area contributed by atoms with Gasteiger partial charge >= 0.3 is 0 Å². The molecule has 0 aliphatic carbocycles. The first-order valence-corrected chi connectivity index (χ1v) is 13.1. The Kier molecular flexibility index (Phi) is 6.93. The Morgan fingerprint density at radius 2 is 1.91 bits per heavy atom. The third-order valence-corrected chi connectivity index (χ3v) is 9.12. The molecule has 1 aromatic heterocycles. The molecule has 0 N–H and O–H groups in total. The van der Waals surface area contributed by atoms with Crippen molar-refractivity contribution >= 4 is 37.9 Å². The van der Waals surface area contributed by atoms with Gasteiger partial charge in [-0.05, 0) is 49.2 Å². The second kappa shape index (κ2) is 9.68. The summed E-state index contributed by atoms with van der Waals surface area (Å²) in [6.07, 6.45) is 1.76. The molecule has 3 aromatic rings. The molecule has 4 rings (SSSR count). The van der Waals surface area contributed by atoms with Gasteiger partial charge in [0.05, 0.1) is 30.1 Å². The second-order valence-electron chi connectivity index (χ2n) is 7.66. The number of hydrogen-bond acceptors (Lipinski definition) is 7. The third kappa shape index (κ3) is 4.87. The number of rotatable bonds is 7. The lowest BCUT2D eigenvalue weighted by molar-refractivity contribution is 0.399. The monoisotopic (exact) mass is 492 g/mol. The Bertz CT molecular complexity index is 1190. The molecule has 6 nitrogen and oxygen atoms in total. The first-order valence-electron chi connectivity index (χ1n) is 10.3. The van der Waals surface area contributed by atoms with Gasteiger partial charge in [-0.15, -0.1) is 11.3 Å². The fourth-order valence-corrected chi connectivity index (χ4v) is 6.84. The molecule has 1 aliphatic heterocycles. The lowest BCUT2D eigenvalue weighted by Crippen LogP contribution is -2.39. The van der Waals surface area contributed by atoms with Crippen LogP contribution < -0.4 is 14.4 Å². The lowest BCUT2D eigenvalue weighted by atomic mass is 10.1. The minimum atomic E-state index is -3.39. The van der Waals surface area contributed by atoms with Gasteiger partial charge in [0, 0.05) is 35.5 Å². The highest BCUT2D eigenvalue weighted by Gasteiger charge is 2.32. The first-order chi connectivity index (χ1) is 15.4. The number of aromatic nitrogens is 1. The van der Waals surface area contributed by atoms with Crippen LogP contribution in [0.4, 0.5) is 5.13 Å². The molecule has 0 unspecified atom stereocenters. The largest absolute Gasteiger partial charge is 0.497 e. The van der Waals surface area contributed by atoms with Crippen LogP contribution in [-0.2, 0) is 16.3 Å². The molecule has 2 heterocycles. The summed E-state index contributed by atoms with van der Waals surface area (Å²) >= 11 is 7.58. The Morgan fingerprint density at radius 3 is 2.59 bits per heavy atom. The fraction of sp³-hybridized carbons (Fsp3) is 0.348. The summed E-state index contributed by atoms with van der Waals surface area (Å²) in [6.45, 7) is 1.31. The predicted molar refractivity (Wildman–Crippen MR) is 128 cm³/mol. The van der Waals surface area contributed by atoms with E-state index in [9.17, 15) is 8.42 Å². The van der Waals surface area contributed by atoms with Crippen molar-refractivity contribution in [2.75, 3.05) is 32.2 Å². The molecular weight excluding hydrogens is 468 g/mol. The van der Waals surface area contributed by atoms with Crippen LogP contribution in [0.15, 0.2) is 52.7 Å². The van der Waals surface area contributed by atoms with E-state index < -0.39 is 15.1 Å². The zero-order chi connectivity index (χ0) is 22.7. The summed E-state index contributed by atoms with van der Waals surface area (Å²) in [5.41, 5.74) is 1.96. The SMILES string of the molecule is COc1ccc(OC)c(Cc2csc(N3CCC(S(=O)(=O)c4cccc(Cl)c4)CC3)n2)c1. The molecule has 0 saturated carbocycles. The number of piperidine rings is 1. The van der Waals surface area contributed by atoms with E-state index in [1.165, 1.54) is 6.07 Å². The zero-order valence-electron chi connectivity index (χ0n) is 18.0. The molecule has 0 bridgehead atoms. The summed E-state index contributed by atoms with van der Waals surface area (Å²) in [7, 11) is -0.100. The topological polar surface area (TPSA) is 68.7 Å². The van der Waals surface area contributed by atoms with Gasteiger partial charge in [0.25, 0.3) is 0 Å². The molecule has 0 radical (unpaired) electrons. The van der Waals surface area contributed by atoms with E-state index >= 15 is 0 Å².